The number of non-ortho nitro benzene ring substituents is 1. The SMILES string of the molecule is CC1(C)NC(=O)C(Cc2ccc([N+](=O)[O-])cc2)N1. The Bertz CT molecular complexity index is 482. The minimum absolute atomic E-state index is 0.0432. The molecule has 0 radical (unpaired) electrons. The molecule has 1 aromatic rings. The number of nitrogens with zero attached hydrogens (tertiary/aromatic N) is 1. The Balaban J connectivity index is 2.06. The van der Waals surface area contributed by atoms with Crippen molar-refractivity contribution in [2.75, 3.05) is 0 Å². The molecule has 1 aliphatic rings. The zero-order chi connectivity index (χ0) is 13.3. The molecule has 96 valence electrons. The fraction of sp³-hybridized carbons (Fsp3) is 0.417. The first kappa shape index (κ1) is 12.5. The van der Waals surface area contributed by atoms with Crippen LogP contribution < -0.4 is 10.6 Å². The molecule has 18 heavy (non-hydrogen) atoms. The predicted molar refractivity (Wildman–Crippen MR) is 65.9 cm³/mol. The van der Waals surface area contributed by atoms with Gasteiger partial charge in [0.25, 0.3) is 5.69 Å². The lowest BCUT2D eigenvalue weighted by Crippen LogP contribution is -2.44. The van der Waals surface area contributed by atoms with Crippen LogP contribution in [0.4, 0.5) is 5.69 Å². The smallest absolute Gasteiger partial charge is 0.269 e. The van der Waals surface area contributed by atoms with Crippen LogP contribution in [0.2, 0.25) is 0 Å². The van der Waals surface area contributed by atoms with Crippen molar-refractivity contribution in [1.29, 1.82) is 0 Å². The highest BCUT2D eigenvalue weighted by Gasteiger charge is 2.36. The van der Waals surface area contributed by atoms with Gasteiger partial charge in [0, 0.05) is 12.1 Å². The molecule has 1 aliphatic heterocycles. The first-order chi connectivity index (χ1) is 8.37. The van der Waals surface area contributed by atoms with Crippen LogP contribution >= 0.6 is 0 Å². The second-order valence-electron chi connectivity index (χ2n) is 4.94. The lowest BCUT2D eigenvalue weighted by molar-refractivity contribution is -0.384. The number of carbonyl (C=O) groups is 1. The van der Waals surface area contributed by atoms with Gasteiger partial charge in [0.15, 0.2) is 0 Å². The molecule has 6 heteroatoms. The fourth-order valence-corrected chi connectivity index (χ4v) is 2.07. The number of nitro groups is 1. The van der Waals surface area contributed by atoms with E-state index in [2.05, 4.69) is 10.6 Å². The van der Waals surface area contributed by atoms with Crippen molar-refractivity contribution in [2.45, 2.75) is 32.0 Å². The van der Waals surface area contributed by atoms with Gasteiger partial charge < -0.3 is 5.32 Å². The summed E-state index contributed by atoms with van der Waals surface area (Å²) in [7, 11) is 0. The molecular weight excluding hydrogens is 234 g/mol. The number of nitrogens with one attached hydrogen (secondary N) is 2. The standard InChI is InChI=1S/C12H15N3O3/c1-12(2)13-10(11(16)14-12)7-8-3-5-9(6-4-8)15(17)18/h3-6,10,13H,7H2,1-2H3,(H,14,16). The summed E-state index contributed by atoms with van der Waals surface area (Å²) in [6.45, 7) is 3.78. The largest absolute Gasteiger partial charge is 0.337 e. The highest BCUT2D eigenvalue weighted by molar-refractivity contribution is 5.85. The van der Waals surface area contributed by atoms with E-state index in [1.807, 2.05) is 13.8 Å². The third-order valence-corrected chi connectivity index (χ3v) is 2.87. The van der Waals surface area contributed by atoms with Gasteiger partial charge in [0.05, 0.1) is 16.6 Å². The maximum atomic E-state index is 11.7. The molecular formula is C12H15N3O3. The molecule has 1 amide bonds. The van der Waals surface area contributed by atoms with E-state index < -0.39 is 10.6 Å². The van der Waals surface area contributed by atoms with Crippen LogP contribution in [0.1, 0.15) is 19.4 Å². The lowest BCUT2D eigenvalue weighted by Gasteiger charge is -2.18. The molecule has 0 spiro atoms. The van der Waals surface area contributed by atoms with Crippen LogP contribution in [0.25, 0.3) is 0 Å². The summed E-state index contributed by atoms with van der Waals surface area (Å²) in [6, 6.07) is 5.97. The minimum Gasteiger partial charge on any atom is -0.337 e. The van der Waals surface area contributed by atoms with Crippen LogP contribution in [-0.2, 0) is 11.2 Å². The van der Waals surface area contributed by atoms with Crippen molar-refractivity contribution < 1.29 is 9.72 Å². The van der Waals surface area contributed by atoms with Gasteiger partial charge in [-0.3, -0.25) is 20.2 Å². The average molecular weight is 249 g/mol. The number of benzene rings is 1. The molecule has 0 bridgehead atoms. The van der Waals surface area contributed by atoms with E-state index in [9.17, 15) is 14.9 Å². The van der Waals surface area contributed by atoms with Gasteiger partial charge in [0.1, 0.15) is 0 Å². The summed E-state index contributed by atoms with van der Waals surface area (Å²) in [6.07, 6.45) is 0.521. The number of amides is 1. The number of nitro benzene ring substituents is 1. The van der Waals surface area contributed by atoms with E-state index in [0.717, 1.165) is 5.56 Å². The predicted octanol–water partition coefficient (Wildman–Crippen LogP) is 0.961. The van der Waals surface area contributed by atoms with E-state index >= 15 is 0 Å². The van der Waals surface area contributed by atoms with E-state index in [1.165, 1.54) is 12.1 Å². The Morgan fingerprint density at radius 2 is 1.94 bits per heavy atom. The Labute approximate surface area is 105 Å². The first-order valence-electron chi connectivity index (χ1n) is 5.70. The molecule has 2 N–H and O–H groups in total. The van der Waals surface area contributed by atoms with Gasteiger partial charge in [-0.2, -0.15) is 0 Å². The molecule has 1 unspecified atom stereocenters. The second kappa shape index (κ2) is 4.38. The molecule has 6 nitrogen and oxygen atoms in total. The monoisotopic (exact) mass is 249 g/mol. The maximum Gasteiger partial charge on any atom is 0.269 e. The number of carbonyl (C=O) groups excluding carboxylic acids is 1. The van der Waals surface area contributed by atoms with Crippen LogP contribution in [0.15, 0.2) is 24.3 Å². The molecule has 1 atom stereocenters. The summed E-state index contributed by atoms with van der Waals surface area (Å²) < 4.78 is 0. The van der Waals surface area contributed by atoms with Gasteiger partial charge in [-0.05, 0) is 25.8 Å². The van der Waals surface area contributed by atoms with Crippen molar-refractivity contribution in [3.05, 3.63) is 39.9 Å². The highest BCUT2D eigenvalue weighted by Crippen LogP contribution is 2.16. The van der Waals surface area contributed by atoms with E-state index in [4.69, 9.17) is 0 Å². The van der Waals surface area contributed by atoms with Crippen LogP contribution in [0, 0.1) is 10.1 Å². The van der Waals surface area contributed by atoms with Crippen LogP contribution in [0.5, 0.6) is 0 Å². The Morgan fingerprint density at radius 3 is 2.39 bits per heavy atom. The topological polar surface area (TPSA) is 84.3 Å². The Morgan fingerprint density at radius 1 is 1.33 bits per heavy atom. The lowest BCUT2D eigenvalue weighted by atomic mass is 10.1. The molecule has 0 aliphatic carbocycles. The summed E-state index contributed by atoms with van der Waals surface area (Å²) in [5.74, 6) is -0.0432. The Hall–Kier alpha value is -1.95. The van der Waals surface area contributed by atoms with Gasteiger partial charge >= 0.3 is 0 Å². The summed E-state index contributed by atoms with van der Waals surface area (Å²) >= 11 is 0. The van der Waals surface area contributed by atoms with Crippen LogP contribution in [-0.4, -0.2) is 22.5 Å². The van der Waals surface area contributed by atoms with E-state index in [0.29, 0.717) is 6.42 Å². The zero-order valence-corrected chi connectivity index (χ0v) is 10.3. The van der Waals surface area contributed by atoms with Gasteiger partial charge in [-0.1, -0.05) is 12.1 Å². The zero-order valence-electron chi connectivity index (χ0n) is 10.3. The van der Waals surface area contributed by atoms with Gasteiger partial charge in [-0.15, -0.1) is 0 Å². The van der Waals surface area contributed by atoms with E-state index in [-0.39, 0.29) is 17.6 Å². The third-order valence-electron chi connectivity index (χ3n) is 2.87. The normalized spacial score (nSPS) is 21.7. The molecule has 2 rings (SSSR count). The Kier molecular flexibility index (Phi) is 3.04. The average Bonchev–Trinajstić information content (AvgIpc) is 2.52. The number of rotatable bonds is 3. The quantitative estimate of drug-likeness (QED) is 0.617. The molecule has 1 aromatic carbocycles. The minimum atomic E-state index is -0.437. The van der Waals surface area contributed by atoms with Gasteiger partial charge in [0.2, 0.25) is 5.91 Å². The third kappa shape index (κ3) is 2.65. The molecule has 1 heterocycles. The first-order valence-corrected chi connectivity index (χ1v) is 5.70. The van der Waals surface area contributed by atoms with Crippen molar-refractivity contribution >= 4 is 11.6 Å². The van der Waals surface area contributed by atoms with Crippen LogP contribution in [0.3, 0.4) is 0 Å². The molecule has 0 saturated carbocycles. The van der Waals surface area contributed by atoms with Crippen molar-refractivity contribution in [2.24, 2.45) is 0 Å². The molecule has 0 aromatic heterocycles. The van der Waals surface area contributed by atoms with Crippen molar-refractivity contribution in [1.82, 2.24) is 10.6 Å². The maximum absolute atomic E-state index is 11.7. The van der Waals surface area contributed by atoms with E-state index in [1.54, 1.807) is 12.1 Å². The fourth-order valence-electron chi connectivity index (χ4n) is 2.07. The van der Waals surface area contributed by atoms with Gasteiger partial charge in [-0.25, -0.2) is 0 Å². The molecule has 1 fully saturated rings. The summed E-state index contributed by atoms with van der Waals surface area (Å²) in [4.78, 5) is 21.8. The number of hydrogen-bond donors (Lipinski definition) is 2. The summed E-state index contributed by atoms with van der Waals surface area (Å²) in [5.41, 5.74) is 0.552. The summed E-state index contributed by atoms with van der Waals surface area (Å²) in [5, 5.41) is 16.5. The molecule has 1 saturated heterocycles. The van der Waals surface area contributed by atoms with Crippen molar-refractivity contribution in [3.8, 4) is 0 Å². The number of hydrogen-bond acceptors (Lipinski definition) is 4. The second-order valence-corrected chi connectivity index (χ2v) is 4.94. The highest BCUT2D eigenvalue weighted by atomic mass is 16.6. The van der Waals surface area contributed by atoms with Crippen molar-refractivity contribution in [3.63, 3.8) is 0 Å².